The number of amides is 2. The Morgan fingerprint density at radius 3 is 2.68 bits per heavy atom. The van der Waals surface area contributed by atoms with Crippen molar-refractivity contribution in [2.24, 2.45) is 23.3 Å². The standard InChI is InChI=1S/C24H28FN5O4/c1-13-21(23(28)33)24(30-34-13)29-20(31)9-7-14-4-2-3-5-16(14)22(32)17-8-6-15(12-18(17)25)19(27)10-11-26/h6,8,10-12,14,16,26H,2-5,7,9,27H2,1H3,(H2,28,33)(H,29,30,31)/b19-10-,26-11?. The van der Waals surface area contributed by atoms with Crippen LogP contribution in [-0.2, 0) is 4.79 Å². The highest BCUT2D eigenvalue weighted by Crippen LogP contribution is 2.36. The normalized spacial score (nSPS) is 18.4. The lowest BCUT2D eigenvalue weighted by Crippen LogP contribution is -2.29. The number of benzene rings is 1. The van der Waals surface area contributed by atoms with E-state index in [9.17, 15) is 18.8 Å². The molecular weight excluding hydrogens is 441 g/mol. The van der Waals surface area contributed by atoms with Gasteiger partial charge >= 0.3 is 0 Å². The Morgan fingerprint density at radius 2 is 2.00 bits per heavy atom. The van der Waals surface area contributed by atoms with Crippen molar-refractivity contribution in [1.29, 1.82) is 5.41 Å². The number of ketones is 1. The molecule has 1 saturated carbocycles. The summed E-state index contributed by atoms with van der Waals surface area (Å²) in [6.07, 6.45) is 6.04. The Bertz CT molecular complexity index is 1140. The smallest absolute Gasteiger partial charge is 0.256 e. The van der Waals surface area contributed by atoms with Gasteiger partial charge in [0.05, 0.1) is 5.56 Å². The third kappa shape index (κ3) is 5.56. The summed E-state index contributed by atoms with van der Waals surface area (Å²) < 4.78 is 19.7. The molecule has 2 unspecified atom stereocenters. The lowest BCUT2D eigenvalue weighted by molar-refractivity contribution is -0.116. The number of hydrogen-bond donors (Lipinski definition) is 4. The van der Waals surface area contributed by atoms with Crippen molar-refractivity contribution in [3.05, 3.63) is 52.5 Å². The van der Waals surface area contributed by atoms with Crippen LogP contribution in [0.2, 0.25) is 0 Å². The molecule has 1 aromatic heterocycles. The summed E-state index contributed by atoms with van der Waals surface area (Å²) in [6.45, 7) is 1.52. The number of hydrogen-bond acceptors (Lipinski definition) is 7. The van der Waals surface area contributed by atoms with E-state index in [0.717, 1.165) is 25.5 Å². The number of carbonyl (C=O) groups is 3. The van der Waals surface area contributed by atoms with Crippen molar-refractivity contribution < 1.29 is 23.3 Å². The first-order valence-corrected chi connectivity index (χ1v) is 11.1. The molecule has 10 heteroatoms. The zero-order chi connectivity index (χ0) is 24.8. The molecule has 0 spiro atoms. The Labute approximate surface area is 196 Å². The molecule has 0 radical (unpaired) electrons. The topological polar surface area (TPSA) is 165 Å². The van der Waals surface area contributed by atoms with Crippen LogP contribution in [0.25, 0.3) is 5.70 Å². The minimum Gasteiger partial charge on any atom is -0.398 e. The van der Waals surface area contributed by atoms with Gasteiger partial charge in [-0.2, -0.15) is 0 Å². The van der Waals surface area contributed by atoms with E-state index < -0.39 is 17.6 Å². The lowest BCUT2D eigenvalue weighted by atomic mass is 9.73. The number of allylic oxidation sites excluding steroid dienone is 1. The second-order valence-corrected chi connectivity index (χ2v) is 8.41. The van der Waals surface area contributed by atoms with Crippen molar-refractivity contribution in [1.82, 2.24) is 5.16 Å². The van der Waals surface area contributed by atoms with E-state index in [2.05, 4.69) is 10.5 Å². The summed E-state index contributed by atoms with van der Waals surface area (Å²) in [5.74, 6) is -2.37. The average molecular weight is 470 g/mol. The number of halogens is 1. The quantitative estimate of drug-likeness (QED) is 0.324. The molecule has 3 rings (SSSR count). The molecule has 1 fully saturated rings. The summed E-state index contributed by atoms with van der Waals surface area (Å²) >= 11 is 0. The first-order chi connectivity index (χ1) is 16.2. The number of aromatic nitrogens is 1. The summed E-state index contributed by atoms with van der Waals surface area (Å²) in [6, 6.07) is 4.19. The van der Waals surface area contributed by atoms with Gasteiger partial charge in [0.15, 0.2) is 11.6 Å². The highest BCUT2D eigenvalue weighted by molar-refractivity contribution is 6.02. The number of primary amides is 1. The van der Waals surface area contributed by atoms with Gasteiger partial charge in [0.2, 0.25) is 5.91 Å². The van der Waals surface area contributed by atoms with Gasteiger partial charge in [0, 0.05) is 29.8 Å². The predicted molar refractivity (Wildman–Crippen MR) is 125 cm³/mol. The van der Waals surface area contributed by atoms with E-state index in [1.54, 1.807) is 6.07 Å². The Hall–Kier alpha value is -3.82. The van der Waals surface area contributed by atoms with Gasteiger partial charge in [-0.3, -0.25) is 14.4 Å². The summed E-state index contributed by atoms with van der Waals surface area (Å²) in [5.41, 5.74) is 11.8. The zero-order valence-corrected chi connectivity index (χ0v) is 18.9. The van der Waals surface area contributed by atoms with E-state index in [0.29, 0.717) is 18.4 Å². The number of aryl methyl sites for hydroxylation is 1. The van der Waals surface area contributed by atoms with Gasteiger partial charge in [-0.25, -0.2) is 4.39 Å². The maximum atomic E-state index is 14.8. The molecule has 0 aliphatic heterocycles. The van der Waals surface area contributed by atoms with Crippen molar-refractivity contribution in [3.63, 3.8) is 0 Å². The Kier molecular flexibility index (Phi) is 7.93. The molecule has 2 amide bonds. The summed E-state index contributed by atoms with van der Waals surface area (Å²) in [5, 5.41) is 13.3. The van der Waals surface area contributed by atoms with Crippen LogP contribution in [0.3, 0.4) is 0 Å². The first-order valence-electron chi connectivity index (χ1n) is 11.1. The number of nitrogens with two attached hydrogens (primary N) is 2. The average Bonchev–Trinajstić information content (AvgIpc) is 3.17. The van der Waals surface area contributed by atoms with Crippen LogP contribution in [0.4, 0.5) is 10.2 Å². The molecule has 1 aliphatic carbocycles. The minimum absolute atomic E-state index is 0.00285. The van der Waals surface area contributed by atoms with Crippen LogP contribution in [-0.4, -0.2) is 29.0 Å². The van der Waals surface area contributed by atoms with Crippen LogP contribution in [0.1, 0.15) is 70.6 Å². The number of rotatable bonds is 9. The Morgan fingerprint density at radius 1 is 1.26 bits per heavy atom. The molecule has 9 nitrogen and oxygen atoms in total. The molecule has 180 valence electrons. The highest BCUT2D eigenvalue weighted by atomic mass is 19.1. The van der Waals surface area contributed by atoms with Gasteiger partial charge in [-0.05, 0) is 50.3 Å². The third-order valence-corrected chi connectivity index (χ3v) is 6.19. The lowest BCUT2D eigenvalue weighted by Gasteiger charge is -2.30. The van der Waals surface area contributed by atoms with E-state index in [1.807, 2.05) is 0 Å². The van der Waals surface area contributed by atoms with Gasteiger partial charge in [-0.1, -0.05) is 24.1 Å². The number of nitrogens with one attached hydrogen (secondary N) is 2. The van der Waals surface area contributed by atoms with E-state index in [-0.39, 0.29) is 52.4 Å². The maximum absolute atomic E-state index is 14.8. The van der Waals surface area contributed by atoms with E-state index in [4.69, 9.17) is 21.4 Å². The first kappa shape index (κ1) is 24.8. The van der Waals surface area contributed by atoms with E-state index >= 15 is 0 Å². The van der Waals surface area contributed by atoms with Crippen molar-refractivity contribution in [2.45, 2.75) is 45.4 Å². The second-order valence-electron chi connectivity index (χ2n) is 8.41. The zero-order valence-electron chi connectivity index (χ0n) is 18.9. The Balaban J connectivity index is 1.68. The van der Waals surface area contributed by atoms with E-state index in [1.165, 1.54) is 25.1 Å². The second kappa shape index (κ2) is 10.9. The highest BCUT2D eigenvalue weighted by Gasteiger charge is 2.33. The molecule has 2 atom stereocenters. The van der Waals surface area contributed by atoms with Crippen LogP contribution in [0.15, 0.2) is 28.8 Å². The molecule has 2 aromatic rings. The third-order valence-electron chi connectivity index (χ3n) is 6.19. The van der Waals surface area contributed by atoms with Crippen molar-refractivity contribution >= 4 is 35.3 Å². The largest absolute Gasteiger partial charge is 0.398 e. The molecule has 0 saturated heterocycles. The van der Waals surface area contributed by atoms with Crippen molar-refractivity contribution in [3.8, 4) is 0 Å². The van der Waals surface area contributed by atoms with Gasteiger partial charge in [-0.15, -0.1) is 0 Å². The molecule has 34 heavy (non-hydrogen) atoms. The minimum atomic E-state index is -0.755. The number of carbonyl (C=O) groups excluding carboxylic acids is 3. The van der Waals surface area contributed by atoms with Crippen LogP contribution < -0.4 is 16.8 Å². The maximum Gasteiger partial charge on any atom is 0.256 e. The summed E-state index contributed by atoms with van der Waals surface area (Å²) in [7, 11) is 0. The molecule has 6 N–H and O–H groups in total. The monoisotopic (exact) mass is 469 g/mol. The molecular formula is C24H28FN5O4. The predicted octanol–water partition coefficient (Wildman–Crippen LogP) is 3.58. The van der Waals surface area contributed by atoms with Crippen LogP contribution >= 0.6 is 0 Å². The van der Waals surface area contributed by atoms with Crippen LogP contribution in [0.5, 0.6) is 0 Å². The van der Waals surface area contributed by atoms with Gasteiger partial charge < -0.3 is 26.7 Å². The summed E-state index contributed by atoms with van der Waals surface area (Å²) in [4.78, 5) is 37.2. The number of nitrogens with zero attached hydrogens (tertiary/aromatic N) is 1. The fourth-order valence-corrected chi connectivity index (χ4v) is 4.44. The SMILES string of the molecule is Cc1onc(NC(=O)CCC2CCCCC2C(=O)c2ccc(/C(N)=C/C=N)cc2F)c1C(N)=O. The number of anilines is 1. The number of Topliss-reactive ketones (excluding diaryl/α,β-unsaturated/α-hetero) is 1. The fourth-order valence-electron chi connectivity index (χ4n) is 4.44. The van der Waals surface area contributed by atoms with Crippen molar-refractivity contribution in [2.75, 3.05) is 5.32 Å². The van der Waals surface area contributed by atoms with Crippen LogP contribution in [0, 0.1) is 30.0 Å². The van der Waals surface area contributed by atoms with Gasteiger partial charge in [0.1, 0.15) is 17.1 Å². The molecule has 0 bridgehead atoms. The molecule has 1 aliphatic rings. The fraction of sp³-hybridized carbons (Fsp3) is 0.375. The van der Waals surface area contributed by atoms with Gasteiger partial charge in [0.25, 0.3) is 5.91 Å². The molecule has 1 aromatic carbocycles. The molecule has 1 heterocycles.